The summed E-state index contributed by atoms with van der Waals surface area (Å²) >= 11 is 2.43. The Morgan fingerprint density at radius 1 is 0.667 bits per heavy atom. The van der Waals surface area contributed by atoms with Gasteiger partial charge in [-0.3, -0.25) is 0 Å². The van der Waals surface area contributed by atoms with E-state index < -0.39 is 0 Å². The van der Waals surface area contributed by atoms with E-state index in [4.69, 9.17) is 0 Å². The third-order valence-corrected chi connectivity index (χ3v) is 2.74. The van der Waals surface area contributed by atoms with Gasteiger partial charge in [-0.25, -0.2) is 0 Å². The van der Waals surface area contributed by atoms with Crippen molar-refractivity contribution in [3.8, 4) is 0 Å². The van der Waals surface area contributed by atoms with E-state index in [0.29, 0.717) is 0 Å². The van der Waals surface area contributed by atoms with Crippen molar-refractivity contribution in [2.45, 2.75) is 0 Å². The standard InChI is InChI=1S/C6H2N4S2/c1-3-5(9-11-7-3)2-6-4(1)8-12-10-6/h1-2H. The van der Waals surface area contributed by atoms with Gasteiger partial charge in [-0.15, -0.1) is 0 Å². The van der Waals surface area contributed by atoms with Crippen molar-refractivity contribution in [3.05, 3.63) is 12.1 Å². The highest BCUT2D eigenvalue weighted by atomic mass is 32.1. The van der Waals surface area contributed by atoms with Crippen LogP contribution in [0.2, 0.25) is 0 Å². The van der Waals surface area contributed by atoms with Crippen molar-refractivity contribution in [2.75, 3.05) is 0 Å². The van der Waals surface area contributed by atoms with Crippen LogP contribution in [-0.4, -0.2) is 0 Å². The molecular weight excluding hydrogens is 192 g/mol. The first-order valence-corrected chi connectivity index (χ1v) is 4.74. The Morgan fingerprint density at radius 3 is 1.33 bits per heavy atom. The van der Waals surface area contributed by atoms with Crippen LogP contribution in [-0.2, 0) is 22.7 Å². The molecule has 0 saturated heterocycles. The fraction of sp³-hybridized carbons (Fsp3) is 0. The molecule has 2 aliphatic heterocycles. The molecule has 0 N–H and O–H groups in total. The third-order valence-electron chi connectivity index (χ3n) is 1.63. The normalized spacial score (nSPS) is 15.3. The van der Waals surface area contributed by atoms with Crippen LogP contribution in [0.25, 0.3) is 0 Å². The first kappa shape index (κ1) is 6.38. The van der Waals surface area contributed by atoms with Crippen LogP contribution in [0.5, 0.6) is 0 Å². The lowest BCUT2D eigenvalue weighted by Crippen LogP contribution is -1.64. The molecule has 0 bridgehead atoms. The second-order valence-corrected chi connectivity index (χ2v) is 3.41. The highest BCUT2D eigenvalue weighted by Gasteiger charge is 2.12. The average Bonchev–Trinajstić information content (AvgIpc) is 2.64. The zero-order chi connectivity index (χ0) is 7.97. The predicted molar refractivity (Wildman–Crippen MR) is 49.5 cm³/mol. The zero-order valence-electron chi connectivity index (χ0n) is 5.76. The van der Waals surface area contributed by atoms with Crippen molar-refractivity contribution < 1.29 is 0 Å². The van der Waals surface area contributed by atoms with Crippen LogP contribution in [0.1, 0.15) is 0 Å². The van der Waals surface area contributed by atoms with Gasteiger partial charge in [0.25, 0.3) is 0 Å². The lowest BCUT2D eigenvalue weighted by Gasteiger charge is -1.95. The van der Waals surface area contributed by atoms with Crippen LogP contribution in [0.4, 0.5) is 22.7 Å². The zero-order valence-corrected chi connectivity index (χ0v) is 7.39. The van der Waals surface area contributed by atoms with E-state index in [9.17, 15) is 0 Å². The van der Waals surface area contributed by atoms with E-state index >= 15 is 0 Å². The average molecular weight is 194 g/mol. The number of hydrogen-bond acceptors (Lipinski definition) is 4. The van der Waals surface area contributed by atoms with E-state index in [-0.39, 0.29) is 0 Å². The lowest BCUT2D eigenvalue weighted by molar-refractivity contribution is 1.48. The van der Waals surface area contributed by atoms with E-state index in [1.807, 2.05) is 12.1 Å². The quantitative estimate of drug-likeness (QED) is 0.528. The molecule has 0 aliphatic carbocycles. The molecule has 0 radical (unpaired) electrons. The molecule has 0 spiro atoms. The second-order valence-electron chi connectivity index (χ2n) is 2.36. The van der Waals surface area contributed by atoms with Crippen LogP contribution in [0.15, 0.2) is 29.6 Å². The summed E-state index contributed by atoms with van der Waals surface area (Å²) in [6.45, 7) is 0. The highest BCUT2D eigenvalue weighted by Crippen LogP contribution is 2.42. The Labute approximate surface area is 75.4 Å². The molecule has 1 aromatic carbocycles. The second kappa shape index (κ2) is 2.18. The Bertz CT molecular complexity index is 424. The molecule has 0 atom stereocenters. The Hall–Kier alpha value is -1.14. The van der Waals surface area contributed by atoms with Gasteiger partial charge in [-0.05, 0) is 12.1 Å². The number of rotatable bonds is 0. The Morgan fingerprint density at radius 2 is 1.00 bits per heavy atom. The number of benzene rings is 1. The summed E-state index contributed by atoms with van der Waals surface area (Å²) in [5.74, 6) is 0. The Kier molecular flexibility index (Phi) is 1.16. The van der Waals surface area contributed by atoms with E-state index in [0.717, 1.165) is 22.7 Å². The number of hydrogen-bond donors (Lipinski definition) is 0. The van der Waals surface area contributed by atoms with E-state index in [1.54, 1.807) is 0 Å². The van der Waals surface area contributed by atoms with Gasteiger partial charge >= 0.3 is 0 Å². The summed E-state index contributed by atoms with van der Waals surface area (Å²) in [6.07, 6.45) is 0. The minimum Gasteiger partial charge on any atom is -0.173 e. The predicted octanol–water partition coefficient (Wildman–Crippen LogP) is 3.14. The van der Waals surface area contributed by atoms with E-state index in [1.165, 1.54) is 22.7 Å². The summed E-state index contributed by atoms with van der Waals surface area (Å²) in [7, 11) is 0. The van der Waals surface area contributed by atoms with Gasteiger partial charge in [-0.2, -0.15) is 17.5 Å². The molecular formula is C6H2N4S2. The summed E-state index contributed by atoms with van der Waals surface area (Å²) in [4.78, 5) is 0. The Balaban J connectivity index is 2.36. The van der Waals surface area contributed by atoms with Crippen molar-refractivity contribution in [1.82, 2.24) is 0 Å². The first-order valence-electron chi connectivity index (χ1n) is 3.28. The van der Waals surface area contributed by atoms with Gasteiger partial charge in [-0.1, -0.05) is 0 Å². The van der Waals surface area contributed by atoms with Gasteiger partial charge in [0.05, 0.1) is 22.7 Å². The number of fused-ring (bicyclic) bond motifs is 2. The minimum absolute atomic E-state index is 0.903. The van der Waals surface area contributed by atoms with Crippen molar-refractivity contribution in [1.29, 1.82) is 0 Å². The van der Waals surface area contributed by atoms with E-state index in [2.05, 4.69) is 17.5 Å². The molecule has 12 heavy (non-hydrogen) atoms. The van der Waals surface area contributed by atoms with Gasteiger partial charge in [0.1, 0.15) is 22.7 Å². The molecule has 4 nitrogen and oxygen atoms in total. The van der Waals surface area contributed by atoms with Crippen LogP contribution < -0.4 is 0 Å². The molecule has 6 heteroatoms. The highest BCUT2D eigenvalue weighted by molar-refractivity contribution is 7.58. The molecule has 2 heterocycles. The molecule has 0 aromatic heterocycles. The van der Waals surface area contributed by atoms with Crippen molar-refractivity contribution in [3.63, 3.8) is 0 Å². The maximum Gasteiger partial charge on any atom is 0.107 e. The molecule has 0 amide bonds. The molecule has 0 saturated carbocycles. The fourth-order valence-corrected chi connectivity index (χ4v) is 2.08. The summed E-state index contributed by atoms with van der Waals surface area (Å²) in [5, 5.41) is 0. The van der Waals surface area contributed by atoms with Crippen molar-refractivity contribution in [2.24, 2.45) is 17.5 Å². The summed E-state index contributed by atoms with van der Waals surface area (Å²) < 4.78 is 16.5. The van der Waals surface area contributed by atoms with Gasteiger partial charge in [0.15, 0.2) is 0 Å². The molecule has 0 unspecified atom stereocenters. The molecule has 58 valence electrons. The monoisotopic (exact) mass is 194 g/mol. The maximum atomic E-state index is 4.12. The molecule has 0 fully saturated rings. The molecule has 3 rings (SSSR count). The summed E-state index contributed by atoms with van der Waals surface area (Å²) in [6, 6.07) is 3.83. The first-order chi connectivity index (χ1) is 5.93. The molecule has 1 aromatic rings. The minimum atomic E-state index is 0.903. The summed E-state index contributed by atoms with van der Waals surface area (Å²) in [5.41, 5.74) is 3.61. The van der Waals surface area contributed by atoms with Crippen LogP contribution in [0.3, 0.4) is 0 Å². The van der Waals surface area contributed by atoms with Crippen LogP contribution >= 0.6 is 0 Å². The molecule has 2 aliphatic rings. The van der Waals surface area contributed by atoms with Gasteiger partial charge in [0, 0.05) is 0 Å². The smallest absolute Gasteiger partial charge is 0.107 e. The SMILES string of the molecule is c1c2c(cc3c1N=S=N3)N=S=N2. The third kappa shape index (κ3) is 0.759. The topological polar surface area (TPSA) is 49.4 Å². The fourth-order valence-electron chi connectivity index (χ4n) is 1.06. The largest absolute Gasteiger partial charge is 0.173 e. The van der Waals surface area contributed by atoms with Crippen molar-refractivity contribution >= 4 is 45.5 Å². The van der Waals surface area contributed by atoms with Gasteiger partial charge < -0.3 is 0 Å². The maximum absolute atomic E-state index is 4.12. The van der Waals surface area contributed by atoms with Crippen LogP contribution in [0, 0.1) is 0 Å². The van der Waals surface area contributed by atoms with Gasteiger partial charge in [0.2, 0.25) is 0 Å². The number of nitrogens with zero attached hydrogens (tertiary/aromatic N) is 4. The lowest BCUT2D eigenvalue weighted by atomic mass is 10.2.